The van der Waals surface area contributed by atoms with Crippen LogP contribution in [-0.2, 0) is 0 Å². The third kappa shape index (κ3) is 5.59. The van der Waals surface area contributed by atoms with Crippen LogP contribution in [0.15, 0.2) is 73.6 Å². The topological polar surface area (TPSA) is 198 Å². The molecule has 10 rings (SSSR count). The number of rotatable bonds is 6. The lowest BCUT2D eigenvalue weighted by molar-refractivity contribution is 0.484. The molecule has 2 fully saturated rings. The number of H-pyrrole nitrogens is 2. The molecule has 8 aromatic heterocycles. The molecule has 2 aliphatic heterocycles. The highest BCUT2D eigenvalue weighted by Gasteiger charge is 2.38. The number of fused-ring (bicyclic) bond motifs is 6. The maximum Gasteiger partial charge on any atom is 0.179 e. The molecule has 2 N–H and O–H groups in total. The van der Waals surface area contributed by atoms with Crippen molar-refractivity contribution in [1.29, 1.82) is 10.5 Å². The Kier molecular flexibility index (Phi) is 8.27. The molecule has 54 heavy (non-hydrogen) atoms. The summed E-state index contributed by atoms with van der Waals surface area (Å²) in [6, 6.07) is 15.7. The van der Waals surface area contributed by atoms with Crippen LogP contribution in [0.1, 0.15) is 61.3 Å². The Hall–Kier alpha value is -6.94. The van der Waals surface area contributed by atoms with Crippen molar-refractivity contribution in [2.24, 2.45) is 11.8 Å². The van der Waals surface area contributed by atoms with Gasteiger partial charge in [-0.25, -0.2) is 19.9 Å². The van der Waals surface area contributed by atoms with Gasteiger partial charge in [0.1, 0.15) is 35.4 Å². The molecule has 0 aliphatic carbocycles. The minimum Gasteiger partial charge on any atom is -0.356 e. The Balaban J connectivity index is 0.000000142. The average molecular weight is 717 g/mol. The van der Waals surface area contributed by atoms with Crippen molar-refractivity contribution in [3.05, 3.63) is 96.4 Å². The van der Waals surface area contributed by atoms with E-state index in [1.165, 1.54) is 0 Å². The van der Waals surface area contributed by atoms with E-state index in [-0.39, 0.29) is 11.8 Å². The Bertz CT molecular complexity index is 2490. The van der Waals surface area contributed by atoms with Gasteiger partial charge in [0.2, 0.25) is 0 Å². The first-order chi connectivity index (χ1) is 26.6. The summed E-state index contributed by atoms with van der Waals surface area (Å²) in [4.78, 5) is 28.6. The van der Waals surface area contributed by atoms with Crippen LogP contribution < -0.4 is 9.80 Å². The zero-order valence-electron chi connectivity index (χ0n) is 29.7. The summed E-state index contributed by atoms with van der Waals surface area (Å²) in [7, 11) is 0. The van der Waals surface area contributed by atoms with E-state index in [1.807, 2.05) is 48.8 Å². The van der Waals surface area contributed by atoms with Crippen LogP contribution in [0, 0.1) is 34.5 Å². The lowest BCUT2D eigenvalue weighted by atomic mass is 9.93. The Morgan fingerprint density at radius 2 is 1.06 bits per heavy atom. The number of aromatic amines is 2. The molecular weight excluding hydrogens is 681 g/mol. The zero-order valence-corrected chi connectivity index (χ0v) is 29.7. The number of nitrogens with zero attached hydrogens (tertiary/aromatic N) is 14. The predicted octanol–water partition coefficient (Wildman–Crippen LogP) is 5.00. The lowest BCUT2D eigenvalue weighted by Crippen LogP contribution is -2.21. The molecule has 2 aliphatic rings. The van der Waals surface area contributed by atoms with Gasteiger partial charge in [-0.15, -0.1) is 20.4 Å². The second kappa shape index (κ2) is 13.6. The SMILES string of the molecule is CC[C@@H]1CN(c2ccc(C#N)cn2)C[C@@H]1c1nnc2cnc3[nH]ccc3n12.CC[C@H]1CN(c2ccc(C#N)cn2)C[C@H]1c1nnc2cnc3[nH]ccc3n12. The highest BCUT2D eigenvalue weighted by Crippen LogP contribution is 2.38. The summed E-state index contributed by atoms with van der Waals surface area (Å²) in [6.45, 7) is 7.90. The molecule has 0 radical (unpaired) electrons. The maximum absolute atomic E-state index is 8.98. The minimum atomic E-state index is 0.253. The normalized spacial score (nSPS) is 19.8. The van der Waals surface area contributed by atoms with Crippen LogP contribution in [0.4, 0.5) is 11.6 Å². The standard InChI is InChI=1S/2C19H18N8/c2*1-2-13-10-26(16-4-3-12(7-20)8-22-16)11-14(13)19-25-24-17-9-23-18-15(27(17)19)5-6-21-18/h2*3-6,8-9,13-14,21H,2,10-11H2,1H3/t2*13-,14+/m10/s1. The Labute approximate surface area is 309 Å². The first kappa shape index (κ1) is 32.9. The monoisotopic (exact) mass is 716 g/mol. The summed E-state index contributed by atoms with van der Waals surface area (Å²) in [5.74, 6) is 5.16. The highest BCUT2D eigenvalue weighted by atomic mass is 15.3. The first-order valence-corrected chi connectivity index (χ1v) is 18.1. The van der Waals surface area contributed by atoms with Crippen LogP contribution in [0.25, 0.3) is 33.6 Å². The summed E-state index contributed by atoms with van der Waals surface area (Å²) < 4.78 is 4.23. The fraction of sp³-hybridized carbons (Fsp3) is 0.316. The Morgan fingerprint density at radius 3 is 1.44 bits per heavy atom. The fourth-order valence-corrected chi connectivity index (χ4v) is 8.08. The van der Waals surface area contributed by atoms with E-state index in [1.54, 1.807) is 24.8 Å². The van der Waals surface area contributed by atoms with E-state index in [4.69, 9.17) is 10.5 Å². The molecule has 8 aromatic rings. The first-order valence-electron chi connectivity index (χ1n) is 18.1. The summed E-state index contributed by atoms with van der Waals surface area (Å²) in [5.41, 5.74) is 6.35. The van der Waals surface area contributed by atoms with Crippen molar-refractivity contribution < 1.29 is 0 Å². The molecule has 0 bridgehead atoms. The van der Waals surface area contributed by atoms with E-state index < -0.39 is 0 Å². The van der Waals surface area contributed by atoms with E-state index in [0.29, 0.717) is 23.0 Å². The number of hydrogen-bond donors (Lipinski definition) is 2. The van der Waals surface area contributed by atoms with E-state index >= 15 is 0 Å². The van der Waals surface area contributed by atoms with Crippen LogP contribution in [0.2, 0.25) is 0 Å². The molecule has 0 spiro atoms. The highest BCUT2D eigenvalue weighted by molar-refractivity contribution is 5.75. The van der Waals surface area contributed by atoms with Crippen molar-refractivity contribution in [1.82, 2.24) is 59.1 Å². The van der Waals surface area contributed by atoms with Gasteiger partial charge in [0.25, 0.3) is 0 Å². The second-order valence-corrected chi connectivity index (χ2v) is 13.8. The minimum absolute atomic E-state index is 0.253. The third-order valence-electron chi connectivity index (χ3n) is 10.9. The Morgan fingerprint density at radius 1 is 0.593 bits per heavy atom. The van der Waals surface area contributed by atoms with Gasteiger partial charge in [-0.2, -0.15) is 10.5 Å². The molecule has 0 aromatic carbocycles. The van der Waals surface area contributed by atoms with Gasteiger partial charge in [-0.1, -0.05) is 26.7 Å². The average Bonchev–Trinajstić information content (AvgIpc) is 4.07. The second-order valence-electron chi connectivity index (χ2n) is 13.8. The molecular formula is C38H36N16. The van der Waals surface area contributed by atoms with Crippen LogP contribution in [-0.4, -0.2) is 85.3 Å². The molecule has 16 heteroatoms. The number of nitrogens with one attached hydrogen (secondary N) is 2. The number of nitriles is 2. The molecule has 10 heterocycles. The quantitative estimate of drug-likeness (QED) is 0.234. The molecule has 0 amide bonds. The van der Waals surface area contributed by atoms with Gasteiger partial charge in [-0.3, -0.25) is 8.80 Å². The van der Waals surface area contributed by atoms with Gasteiger partial charge in [0, 0.05) is 62.8 Å². The van der Waals surface area contributed by atoms with Crippen molar-refractivity contribution in [2.45, 2.75) is 38.5 Å². The molecule has 268 valence electrons. The van der Waals surface area contributed by atoms with Gasteiger partial charge >= 0.3 is 0 Å². The predicted molar refractivity (Wildman–Crippen MR) is 201 cm³/mol. The largest absolute Gasteiger partial charge is 0.356 e. The smallest absolute Gasteiger partial charge is 0.179 e. The van der Waals surface area contributed by atoms with E-state index in [0.717, 1.165) is 95.9 Å². The van der Waals surface area contributed by atoms with Crippen molar-refractivity contribution in [3.63, 3.8) is 0 Å². The fourth-order valence-electron chi connectivity index (χ4n) is 8.08. The van der Waals surface area contributed by atoms with Gasteiger partial charge in [0.15, 0.2) is 22.6 Å². The lowest BCUT2D eigenvalue weighted by Gasteiger charge is -2.17. The van der Waals surface area contributed by atoms with Crippen molar-refractivity contribution in [3.8, 4) is 12.1 Å². The van der Waals surface area contributed by atoms with Crippen molar-refractivity contribution in [2.75, 3.05) is 36.0 Å². The van der Waals surface area contributed by atoms with Crippen LogP contribution in [0.5, 0.6) is 0 Å². The van der Waals surface area contributed by atoms with Gasteiger partial charge in [0.05, 0.1) is 34.6 Å². The number of hydrogen-bond acceptors (Lipinski definition) is 12. The van der Waals surface area contributed by atoms with E-state index in [9.17, 15) is 0 Å². The number of anilines is 2. The summed E-state index contributed by atoms with van der Waals surface area (Å²) >= 11 is 0. The zero-order chi connectivity index (χ0) is 36.8. The molecule has 16 nitrogen and oxygen atoms in total. The molecule has 2 saturated heterocycles. The van der Waals surface area contributed by atoms with Gasteiger partial charge < -0.3 is 19.8 Å². The van der Waals surface area contributed by atoms with Gasteiger partial charge in [-0.05, 0) is 48.2 Å². The number of aromatic nitrogens is 12. The van der Waals surface area contributed by atoms with Crippen molar-refractivity contribution >= 4 is 45.3 Å². The summed E-state index contributed by atoms with van der Waals surface area (Å²) in [6.07, 6.45) is 12.6. The number of pyridine rings is 2. The molecule has 4 atom stereocenters. The molecule has 0 unspecified atom stereocenters. The van der Waals surface area contributed by atoms with E-state index in [2.05, 4.69) is 94.9 Å². The van der Waals surface area contributed by atoms with Crippen LogP contribution in [0.3, 0.4) is 0 Å². The van der Waals surface area contributed by atoms with Crippen LogP contribution >= 0.6 is 0 Å². The maximum atomic E-state index is 8.98. The molecule has 0 saturated carbocycles. The summed E-state index contributed by atoms with van der Waals surface area (Å²) in [5, 5.41) is 35.7. The third-order valence-corrected chi connectivity index (χ3v) is 10.9.